The molecule has 1 aliphatic carbocycles. The Morgan fingerprint density at radius 3 is 2.33 bits per heavy atom. The first kappa shape index (κ1) is 19.7. The van der Waals surface area contributed by atoms with Crippen molar-refractivity contribution in [1.29, 1.82) is 0 Å². The summed E-state index contributed by atoms with van der Waals surface area (Å²) < 4.78 is 27.0. The van der Waals surface area contributed by atoms with Crippen LogP contribution in [0.2, 0.25) is 5.02 Å². The smallest absolute Gasteiger partial charge is 0.240 e. The standard InChI is InChI=1S/C19H23ClN4O2S/c1-21-19(23-13-15-3-2-4-16(20)11-15)22-12-14-5-9-18(10-6-14)27(25,26)24-17-7-8-17/h2-6,9-11,17,24H,7-8,12-13H2,1H3,(H2,21,22,23). The van der Waals surface area contributed by atoms with E-state index in [4.69, 9.17) is 11.6 Å². The molecule has 3 N–H and O–H groups in total. The van der Waals surface area contributed by atoms with Crippen LogP contribution in [0.3, 0.4) is 0 Å². The van der Waals surface area contributed by atoms with E-state index in [-0.39, 0.29) is 6.04 Å². The van der Waals surface area contributed by atoms with Crippen molar-refractivity contribution in [3.05, 3.63) is 64.7 Å². The monoisotopic (exact) mass is 406 g/mol. The lowest BCUT2D eigenvalue weighted by Crippen LogP contribution is -2.36. The molecule has 0 saturated heterocycles. The van der Waals surface area contributed by atoms with Gasteiger partial charge in [0.25, 0.3) is 0 Å². The molecule has 6 nitrogen and oxygen atoms in total. The molecule has 0 amide bonds. The zero-order valence-corrected chi connectivity index (χ0v) is 16.6. The van der Waals surface area contributed by atoms with Crippen molar-refractivity contribution in [1.82, 2.24) is 15.4 Å². The van der Waals surface area contributed by atoms with Gasteiger partial charge in [-0.2, -0.15) is 0 Å². The van der Waals surface area contributed by atoms with Gasteiger partial charge in [0.05, 0.1) is 4.90 Å². The van der Waals surface area contributed by atoms with Gasteiger partial charge in [0.1, 0.15) is 0 Å². The minimum absolute atomic E-state index is 0.102. The highest BCUT2D eigenvalue weighted by molar-refractivity contribution is 7.89. The second-order valence-electron chi connectivity index (χ2n) is 6.45. The molecule has 0 atom stereocenters. The summed E-state index contributed by atoms with van der Waals surface area (Å²) in [5.74, 6) is 0.655. The summed E-state index contributed by atoms with van der Waals surface area (Å²) in [6.07, 6.45) is 1.84. The Morgan fingerprint density at radius 1 is 1.07 bits per heavy atom. The molecule has 144 valence electrons. The fraction of sp³-hybridized carbons (Fsp3) is 0.316. The normalized spacial score (nSPS) is 14.8. The van der Waals surface area contributed by atoms with E-state index in [2.05, 4.69) is 20.3 Å². The molecular formula is C19H23ClN4O2S. The Bertz CT molecular complexity index is 910. The van der Waals surface area contributed by atoms with Gasteiger partial charge in [-0.3, -0.25) is 4.99 Å². The first-order valence-electron chi connectivity index (χ1n) is 8.76. The number of nitrogens with zero attached hydrogens (tertiary/aromatic N) is 1. The summed E-state index contributed by atoms with van der Waals surface area (Å²) in [5.41, 5.74) is 2.02. The highest BCUT2D eigenvalue weighted by atomic mass is 35.5. The maximum atomic E-state index is 12.2. The van der Waals surface area contributed by atoms with Gasteiger partial charge in [-0.15, -0.1) is 0 Å². The molecule has 1 saturated carbocycles. The molecule has 2 aromatic rings. The van der Waals surface area contributed by atoms with Gasteiger partial charge in [-0.1, -0.05) is 35.9 Å². The zero-order valence-electron chi connectivity index (χ0n) is 15.1. The zero-order chi connectivity index (χ0) is 19.3. The summed E-state index contributed by atoms with van der Waals surface area (Å²) >= 11 is 5.99. The van der Waals surface area contributed by atoms with Crippen molar-refractivity contribution >= 4 is 27.6 Å². The Kier molecular flexibility index (Phi) is 6.36. The number of halogens is 1. The highest BCUT2D eigenvalue weighted by Crippen LogP contribution is 2.22. The van der Waals surface area contributed by atoms with Crippen molar-refractivity contribution < 1.29 is 8.42 Å². The van der Waals surface area contributed by atoms with Crippen LogP contribution in [0.25, 0.3) is 0 Å². The van der Waals surface area contributed by atoms with E-state index >= 15 is 0 Å². The minimum Gasteiger partial charge on any atom is -0.352 e. The number of hydrogen-bond donors (Lipinski definition) is 3. The molecule has 0 radical (unpaired) electrons. The van der Waals surface area contributed by atoms with Crippen LogP contribution >= 0.6 is 11.6 Å². The van der Waals surface area contributed by atoms with Gasteiger partial charge < -0.3 is 10.6 Å². The predicted molar refractivity (Wildman–Crippen MR) is 108 cm³/mol. The number of benzene rings is 2. The number of hydrogen-bond acceptors (Lipinski definition) is 3. The molecule has 3 rings (SSSR count). The molecule has 1 aliphatic rings. The molecule has 0 heterocycles. The summed E-state index contributed by atoms with van der Waals surface area (Å²) in [5, 5.41) is 7.13. The summed E-state index contributed by atoms with van der Waals surface area (Å²) in [4.78, 5) is 4.49. The fourth-order valence-electron chi connectivity index (χ4n) is 2.51. The van der Waals surface area contributed by atoms with Crippen LogP contribution < -0.4 is 15.4 Å². The SMILES string of the molecule is CN=C(NCc1ccc(S(=O)(=O)NC2CC2)cc1)NCc1cccc(Cl)c1. The molecule has 27 heavy (non-hydrogen) atoms. The molecule has 0 bridgehead atoms. The minimum atomic E-state index is -3.41. The third kappa shape index (κ3) is 5.95. The molecule has 2 aromatic carbocycles. The van der Waals surface area contributed by atoms with Crippen molar-refractivity contribution in [3.8, 4) is 0 Å². The van der Waals surface area contributed by atoms with E-state index in [0.29, 0.717) is 29.0 Å². The second-order valence-corrected chi connectivity index (χ2v) is 8.60. The maximum Gasteiger partial charge on any atom is 0.240 e. The van der Waals surface area contributed by atoms with E-state index in [1.165, 1.54) is 0 Å². The lowest BCUT2D eigenvalue weighted by Gasteiger charge is -2.12. The number of aliphatic imine (C=N–C) groups is 1. The summed E-state index contributed by atoms with van der Waals surface area (Å²) in [6, 6.07) is 14.6. The molecule has 0 spiro atoms. The van der Waals surface area contributed by atoms with Crippen LogP contribution in [-0.4, -0.2) is 27.5 Å². The Balaban J connectivity index is 1.52. The quantitative estimate of drug-likeness (QED) is 0.487. The van der Waals surface area contributed by atoms with E-state index in [0.717, 1.165) is 24.0 Å². The summed E-state index contributed by atoms with van der Waals surface area (Å²) in [6.45, 7) is 1.13. The first-order chi connectivity index (χ1) is 13.0. The Hall–Kier alpha value is -2.09. The van der Waals surface area contributed by atoms with Crippen LogP contribution in [-0.2, 0) is 23.1 Å². The van der Waals surface area contributed by atoms with Gasteiger partial charge in [0.15, 0.2) is 5.96 Å². The van der Waals surface area contributed by atoms with Gasteiger partial charge >= 0.3 is 0 Å². The number of rotatable bonds is 7. The van der Waals surface area contributed by atoms with Gasteiger partial charge in [0, 0.05) is 31.2 Å². The molecule has 8 heteroatoms. The van der Waals surface area contributed by atoms with Crippen LogP contribution in [0.1, 0.15) is 24.0 Å². The van der Waals surface area contributed by atoms with Gasteiger partial charge in [0.2, 0.25) is 10.0 Å². The largest absolute Gasteiger partial charge is 0.352 e. The first-order valence-corrected chi connectivity index (χ1v) is 10.6. The van der Waals surface area contributed by atoms with Crippen LogP contribution in [0, 0.1) is 0 Å². The molecule has 0 aliphatic heterocycles. The number of guanidine groups is 1. The Morgan fingerprint density at radius 2 is 1.74 bits per heavy atom. The fourth-order valence-corrected chi connectivity index (χ4v) is 4.03. The third-order valence-corrected chi connectivity index (χ3v) is 5.94. The highest BCUT2D eigenvalue weighted by Gasteiger charge is 2.27. The molecule has 0 unspecified atom stereocenters. The molecular weight excluding hydrogens is 384 g/mol. The lowest BCUT2D eigenvalue weighted by atomic mass is 10.2. The van der Waals surface area contributed by atoms with E-state index in [1.54, 1.807) is 31.3 Å². The Labute approximate surface area is 165 Å². The van der Waals surface area contributed by atoms with Crippen molar-refractivity contribution in [2.45, 2.75) is 36.9 Å². The van der Waals surface area contributed by atoms with Gasteiger partial charge in [-0.05, 0) is 48.2 Å². The van der Waals surface area contributed by atoms with E-state index in [9.17, 15) is 8.42 Å². The predicted octanol–water partition coefficient (Wildman–Crippen LogP) is 2.65. The van der Waals surface area contributed by atoms with Gasteiger partial charge in [-0.25, -0.2) is 13.1 Å². The average Bonchev–Trinajstić information content (AvgIpc) is 3.45. The lowest BCUT2D eigenvalue weighted by molar-refractivity contribution is 0.581. The van der Waals surface area contributed by atoms with Crippen molar-refractivity contribution in [2.75, 3.05) is 7.05 Å². The third-order valence-electron chi connectivity index (χ3n) is 4.17. The number of nitrogens with one attached hydrogen (secondary N) is 3. The second kappa shape index (κ2) is 8.73. The number of sulfonamides is 1. The van der Waals surface area contributed by atoms with E-state index < -0.39 is 10.0 Å². The van der Waals surface area contributed by atoms with Crippen LogP contribution in [0.5, 0.6) is 0 Å². The molecule has 1 fully saturated rings. The van der Waals surface area contributed by atoms with Crippen molar-refractivity contribution in [3.63, 3.8) is 0 Å². The topological polar surface area (TPSA) is 82.6 Å². The van der Waals surface area contributed by atoms with Crippen LogP contribution in [0.15, 0.2) is 58.4 Å². The maximum absolute atomic E-state index is 12.2. The van der Waals surface area contributed by atoms with E-state index in [1.807, 2.05) is 24.3 Å². The average molecular weight is 407 g/mol. The van der Waals surface area contributed by atoms with Crippen LogP contribution in [0.4, 0.5) is 0 Å². The molecule has 0 aromatic heterocycles. The van der Waals surface area contributed by atoms with Crippen molar-refractivity contribution in [2.24, 2.45) is 4.99 Å². The summed E-state index contributed by atoms with van der Waals surface area (Å²) in [7, 11) is -1.71.